The molecule has 0 atom stereocenters. The van der Waals surface area contributed by atoms with Crippen molar-refractivity contribution < 1.29 is 9.53 Å². The van der Waals surface area contributed by atoms with Gasteiger partial charge >= 0.3 is 5.97 Å². The van der Waals surface area contributed by atoms with Crippen LogP contribution in [0.5, 0.6) is 0 Å². The lowest BCUT2D eigenvalue weighted by Gasteiger charge is -2.39. The molecule has 0 aliphatic heterocycles. The summed E-state index contributed by atoms with van der Waals surface area (Å²) in [6.45, 7) is 2.72. The molecule has 0 unspecified atom stereocenters. The number of rotatable bonds is 8. The second-order valence-electron chi connectivity index (χ2n) is 4.77. The van der Waals surface area contributed by atoms with Crippen LogP contribution in [-0.4, -0.2) is 17.9 Å². The van der Waals surface area contributed by atoms with Gasteiger partial charge in [-0.15, -0.1) is 0 Å². The third-order valence-corrected chi connectivity index (χ3v) is 4.07. The van der Waals surface area contributed by atoms with Crippen molar-refractivity contribution in [2.24, 2.45) is 5.41 Å². The molecule has 0 saturated heterocycles. The Morgan fingerprint density at radius 3 is 2.56 bits per heavy atom. The maximum absolute atomic E-state index is 12.0. The molecular formula is C13H23BrO2. The summed E-state index contributed by atoms with van der Waals surface area (Å²) in [5.41, 5.74) is -0.101. The molecule has 0 aromatic carbocycles. The zero-order chi connectivity index (χ0) is 11.9. The Kier molecular flexibility index (Phi) is 6.40. The van der Waals surface area contributed by atoms with Crippen molar-refractivity contribution in [2.45, 2.75) is 58.3 Å². The van der Waals surface area contributed by atoms with Gasteiger partial charge in [0.05, 0.1) is 12.0 Å². The lowest BCUT2D eigenvalue weighted by atomic mass is 9.66. The molecule has 1 saturated carbocycles. The van der Waals surface area contributed by atoms with Gasteiger partial charge in [0, 0.05) is 5.33 Å². The molecular weight excluding hydrogens is 268 g/mol. The molecule has 2 nitrogen and oxygen atoms in total. The van der Waals surface area contributed by atoms with Gasteiger partial charge in [0.2, 0.25) is 0 Å². The minimum atomic E-state index is -0.101. The molecule has 0 amide bonds. The van der Waals surface area contributed by atoms with Crippen molar-refractivity contribution in [2.75, 3.05) is 11.9 Å². The summed E-state index contributed by atoms with van der Waals surface area (Å²) in [5.74, 6) is 0.0711. The van der Waals surface area contributed by atoms with Crippen LogP contribution in [0.25, 0.3) is 0 Å². The van der Waals surface area contributed by atoms with E-state index in [0.717, 1.165) is 50.3 Å². The highest BCUT2D eigenvalue weighted by molar-refractivity contribution is 9.09. The second-order valence-corrected chi connectivity index (χ2v) is 5.56. The number of carbonyl (C=O) groups is 1. The highest BCUT2D eigenvalue weighted by Crippen LogP contribution is 2.46. The summed E-state index contributed by atoms with van der Waals surface area (Å²) < 4.78 is 5.37. The van der Waals surface area contributed by atoms with Crippen molar-refractivity contribution in [3.63, 3.8) is 0 Å². The lowest BCUT2D eigenvalue weighted by molar-refractivity contribution is -0.162. The van der Waals surface area contributed by atoms with Crippen LogP contribution in [0.3, 0.4) is 0 Å². The van der Waals surface area contributed by atoms with Gasteiger partial charge in [-0.1, -0.05) is 42.1 Å². The smallest absolute Gasteiger partial charge is 0.312 e. The molecule has 0 spiro atoms. The van der Waals surface area contributed by atoms with Gasteiger partial charge in [-0.05, 0) is 32.1 Å². The molecule has 0 aromatic rings. The number of halogens is 1. The minimum Gasteiger partial charge on any atom is -0.465 e. The molecule has 0 aromatic heterocycles. The lowest BCUT2D eigenvalue weighted by Crippen LogP contribution is -2.39. The second kappa shape index (κ2) is 7.31. The maximum Gasteiger partial charge on any atom is 0.312 e. The van der Waals surface area contributed by atoms with Gasteiger partial charge in [-0.25, -0.2) is 0 Å². The van der Waals surface area contributed by atoms with Crippen LogP contribution >= 0.6 is 15.9 Å². The topological polar surface area (TPSA) is 26.3 Å². The predicted molar refractivity (Wildman–Crippen MR) is 69.8 cm³/mol. The summed E-state index contributed by atoms with van der Waals surface area (Å²) in [4.78, 5) is 12.0. The fraction of sp³-hybridized carbons (Fsp3) is 0.923. The van der Waals surface area contributed by atoms with Crippen molar-refractivity contribution in [1.29, 1.82) is 0 Å². The summed E-state index contributed by atoms with van der Waals surface area (Å²) in [7, 11) is 0. The van der Waals surface area contributed by atoms with Crippen LogP contribution in [0.1, 0.15) is 58.3 Å². The molecule has 0 radical (unpaired) electrons. The highest BCUT2D eigenvalue weighted by atomic mass is 79.9. The van der Waals surface area contributed by atoms with Crippen molar-refractivity contribution in [1.82, 2.24) is 0 Å². The first-order valence-electron chi connectivity index (χ1n) is 6.48. The van der Waals surface area contributed by atoms with Gasteiger partial charge < -0.3 is 4.74 Å². The Bertz CT molecular complexity index is 212. The first-order chi connectivity index (χ1) is 7.75. The molecule has 0 N–H and O–H groups in total. The molecule has 0 heterocycles. The van der Waals surface area contributed by atoms with Gasteiger partial charge in [0.15, 0.2) is 0 Å². The minimum absolute atomic E-state index is 0.0711. The van der Waals surface area contributed by atoms with E-state index < -0.39 is 0 Å². The Morgan fingerprint density at radius 1 is 1.31 bits per heavy atom. The fourth-order valence-electron chi connectivity index (χ4n) is 2.18. The van der Waals surface area contributed by atoms with Gasteiger partial charge in [0.25, 0.3) is 0 Å². The Hall–Kier alpha value is -0.0500. The van der Waals surface area contributed by atoms with Crippen molar-refractivity contribution >= 4 is 21.9 Å². The first-order valence-corrected chi connectivity index (χ1v) is 7.60. The number of alkyl halides is 1. The van der Waals surface area contributed by atoms with E-state index in [1.807, 2.05) is 0 Å². The number of hydrogen-bond acceptors (Lipinski definition) is 2. The number of unbranched alkanes of at least 4 members (excludes halogenated alkanes) is 2. The summed E-state index contributed by atoms with van der Waals surface area (Å²) in [6, 6.07) is 0. The molecule has 1 fully saturated rings. The van der Waals surface area contributed by atoms with E-state index in [1.165, 1.54) is 6.42 Å². The number of carbonyl (C=O) groups excluding carboxylic acids is 1. The van der Waals surface area contributed by atoms with Crippen LogP contribution in [0, 0.1) is 5.41 Å². The maximum atomic E-state index is 12.0. The van der Waals surface area contributed by atoms with E-state index in [0.29, 0.717) is 6.61 Å². The normalized spacial score (nSPS) is 17.9. The summed E-state index contributed by atoms with van der Waals surface area (Å²) in [6.07, 6.45) is 8.66. The van der Waals surface area contributed by atoms with Crippen LogP contribution in [0.15, 0.2) is 0 Å². The summed E-state index contributed by atoms with van der Waals surface area (Å²) in [5, 5.41) is 1.04. The first kappa shape index (κ1) is 14.0. The van der Waals surface area contributed by atoms with E-state index in [2.05, 4.69) is 22.9 Å². The Morgan fingerprint density at radius 2 is 2.06 bits per heavy atom. The van der Waals surface area contributed by atoms with Crippen LogP contribution in [-0.2, 0) is 9.53 Å². The predicted octanol–water partition coefficient (Wildman–Crippen LogP) is 4.07. The van der Waals surface area contributed by atoms with Crippen molar-refractivity contribution in [3.05, 3.63) is 0 Å². The molecule has 0 bridgehead atoms. The zero-order valence-electron chi connectivity index (χ0n) is 10.3. The number of ether oxygens (including phenoxy) is 1. The SMILES string of the molecule is CCCCOC(=O)C1(CCCCBr)CCC1. The van der Waals surface area contributed by atoms with E-state index >= 15 is 0 Å². The Balaban J connectivity index is 2.30. The molecule has 1 aliphatic rings. The van der Waals surface area contributed by atoms with Crippen LogP contribution in [0.2, 0.25) is 0 Å². The van der Waals surface area contributed by atoms with E-state index in [1.54, 1.807) is 0 Å². The molecule has 16 heavy (non-hydrogen) atoms. The van der Waals surface area contributed by atoms with Crippen molar-refractivity contribution in [3.8, 4) is 0 Å². The third-order valence-electron chi connectivity index (χ3n) is 3.51. The average Bonchev–Trinajstić information content (AvgIpc) is 2.22. The molecule has 94 valence electrons. The monoisotopic (exact) mass is 290 g/mol. The fourth-order valence-corrected chi connectivity index (χ4v) is 2.58. The third kappa shape index (κ3) is 3.76. The number of hydrogen-bond donors (Lipinski definition) is 0. The Labute approximate surface area is 107 Å². The van der Waals surface area contributed by atoms with E-state index in [-0.39, 0.29) is 11.4 Å². The summed E-state index contributed by atoms with van der Waals surface area (Å²) >= 11 is 3.43. The number of esters is 1. The van der Waals surface area contributed by atoms with Gasteiger partial charge in [0.1, 0.15) is 0 Å². The standard InChI is InChI=1S/C13H23BrO2/c1-2-3-11-16-12(15)13(8-6-9-13)7-4-5-10-14/h2-11H2,1H3. The van der Waals surface area contributed by atoms with Gasteiger partial charge in [-0.3, -0.25) is 4.79 Å². The molecule has 3 heteroatoms. The molecule has 1 aliphatic carbocycles. The largest absolute Gasteiger partial charge is 0.465 e. The molecule has 1 rings (SSSR count). The quantitative estimate of drug-likeness (QED) is 0.383. The highest BCUT2D eigenvalue weighted by Gasteiger charge is 2.44. The average molecular weight is 291 g/mol. The zero-order valence-corrected chi connectivity index (χ0v) is 11.9. The van der Waals surface area contributed by atoms with E-state index in [9.17, 15) is 4.79 Å². The van der Waals surface area contributed by atoms with Crippen LogP contribution in [0.4, 0.5) is 0 Å². The van der Waals surface area contributed by atoms with E-state index in [4.69, 9.17) is 4.74 Å². The van der Waals surface area contributed by atoms with Crippen LogP contribution < -0.4 is 0 Å². The van der Waals surface area contributed by atoms with Gasteiger partial charge in [-0.2, -0.15) is 0 Å².